The van der Waals surface area contributed by atoms with Crippen molar-refractivity contribution in [3.8, 4) is 11.5 Å². The molecule has 0 saturated carbocycles. The van der Waals surface area contributed by atoms with E-state index in [-0.39, 0.29) is 0 Å². The lowest BCUT2D eigenvalue weighted by Crippen LogP contribution is -2.07. The number of halogens is 1. The zero-order chi connectivity index (χ0) is 11.4. The highest BCUT2D eigenvalue weighted by Gasteiger charge is 2.19. The molecule has 0 saturated heterocycles. The van der Waals surface area contributed by atoms with Crippen LogP contribution in [-0.4, -0.2) is 27.3 Å². The maximum absolute atomic E-state index is 11.5. The number of carbonyl (C=O) groups is 1. The third-order valence-corrected chi connectivity index (χ3v) is 2.48. The van der Waals surface area contributed by atoms with E-state index in [1.807, 2.05) is 0 Å². The molecule has 0 atom stereocenters. The Labute approximate surface area is 102 Å². The number of ether oxygens (including phenoxy) is 3. The number of methoxy groups -OCH3 is 3. The molecule has 0 aromatic heterocycles. The number of hydrogen-bond acceptors (Lipinski definition) is 4. The standard InChI is InChI=1S/C10H11IO4/c1-13-7-4-6(11)5-8(14-2)9(7)10(12)15-3/h4-5H,1-3H3. The Bertz CT molecular complexity index is 351. The molecule has 0 fully saturated rings. The average Bonchev–Trinajstić information content (AvgIpc) is 2.26. The second kappa shape index (κ2) is 5.20. The highest BCUT2D eigenvalue weighted by atomic mass is 127. The van der Waals surface area contributed by atoms with Crippen LogP contribution in [0.1, 0.15) is 10.4 Å². The van der Waals surface area contributed by atoms with Crippen molar-refractivity contribution in [2.75, 3.05) is 21.3 Å². The lowest BCUT2D eigenvalue weighted by Gasteiger charge is -2.11. The van der Waals surface area contributed by atoms with Gasteiger partial charge in [0, 0.05) is 3.57 Å². The van der Waals surface area contributed by atoms with Crippen molar-refractivity contribution in [3.05, 3.63) is 21.3 Å². The summed E-state index contributed by atoms with van der Waals surface area (Å²) in [5, 5.41) is 0. The van der Waals surface area contributed by atoms with E-state index in [2.05, 4.69) is 27.3 Å². The summed E-state index contributed by atoms with van der Waals surface area (Å²) in [5.41, 5.74) is 0.308. The Morgan fingerprint density at radius 3 is 1.93 bits per heavy atom. The molecular formula is C10H11IO4. The number of esters is 1. The first-order chi connectivity index (χ1) is 7.13. The minimum Gasteiger partial charge on any atom is -0.496 e. The van der Waals surface area contributed by atoms with E-state index >= 15 is 0 Å². The largest absolute Gasteiger partial charge is 0.496 e. The molecule has 0 amide bonds. The van der Waals surface area contributed by atoms with Crippen LogP contribution in [0.2, 0.25) is 0 Å². The SMILES string of the molecule is COC(=O)c1c(OC)cc(I)cc1OC. The highest BCUT2D eigenvalue weighted by Crippen LogP contribution is 2.31. The van der Waals surface area contributed by atoms with Gasteiger partial charge in [-0.1, -0.05) is 0 Å². The Balaban J connectivity index is 3.36. The van der Waals surface area contributed by atoms with E-state index in [0.717, 1.165) is 3.57 Å². The first-order valence-corrected chi connectivity index (χ1v) is 5.21. The molecule has 0 unspecified atom stereocenters. The van der Waals surface area contributed by atoms with E-state index in [9.17, 15) is 4.79 Å². The van der Waals surface area contributed by atoms with Crippen LogP contribution in [0.15, 0.2) is 12.1 Å². The van der Waals surface area contributed by atoms with Gasteiger partial charge in [0.1, 0.15) is 17.1 Å². The second-order valence-electron chi connectivity index (χ2n) is 2.68. The summed E-state index contributed by atoms with van der Waals surface area (Å²) in [6.07, 6.45) is 0. The Morgan fingerprint density at radius 1 is 1.13 bits per heavy atom. The molecule has 0 aliphatic heterocycles. The normalized spacial score (nSPS) is 9.60. The van der Waals surface area contributed by atoms with Crippen molar-refractivity contribution < 1.29 is 19.0 Å². The number of benzene rings is 1. The number of carbonyl (C=O) groups excluding carboxylic acids is 1. The van der Waals surface area contributed by atoms with Crippen LogP contribution in [0.5, 0.6) is 11.5 Å². The van der Waals surface area contributed by atoms with Gasteiger partial charge in [0.2, 0.25) is 0 Å². The number of rotatable bonds is 3. The molecule has 0 radical (unpaired) electrons. The van der Waals surface area contributed by atoms with Crippen molar-refractivity contribution in [2.24, 2.45) is 0 Å². The molecule has 1 rings (SSSR count). The van der Waals surface area contributed by atoms with Crippen LogP contribution < -0.4 is 9.47 Å². The summed E-state index contributed by atoms with van der Waals surface area (Å²) in [7, 11) is 4.31. The van der Waals surface area contributed by atoms with Gasteiger partial charge in [-0.05, 0) is 34.7 Å². The summed E-state index contributed by atoms with van der Waals surface area (Å²) in [6.45, 7) is 0. The van der Waals surface area contributed by atoms with Crippen molar-refractivity contribution in [1.82, 2.24) is 0 Å². The van der Waals surface area contributed by atoms with Crippen LogP contribution in [0.25, 0.3) is 0 Å². The minimum atomic E-state index is -0.472. The van der Waals surface area contributed by atoms with Gasteiger partial charge in [-0.2, -0.15) is 0 Å². The molecule has 82 valence electrons. The summed E-state index contributed by atoms with van der Waals surface area (Å²) in [6, 6.07) is 3.49. The second-order valence-corrected chi connectivity index (χ2v) is 3.92. The lowest BCUT2D eigenvalue weighted by molar-refractivity contribution is 0.0593. The molecule has 0 heterocycles. The Morgan fingerprint density at radius 2 is 1.60 bits per heavy atom. The van der Waals surface area contributed by atoms with Crippen LogP contribution >= 0.6 is 22.6 Å². The van der Waals surface area contributed by atoms with E-state index in [4.69, 9.17) is 9.47 Å². The molecule has 15 heavy (non-hydrogen) atoms. The fraction of sp³-hybridized carbons (Fsp3) is 0.300. The lowest BCUT2D eigenvalue weighted by atomic mass is 10.2. The van der Waals surface area contributed by atoms with Crippen LogP contribution in [0.3, 0.4) is 0 Å². The molecule has 5 heteroatoms. The molecule has 4 nitrogen and oxygen atoms in total. The van der Waals surface area contributed by atoms with Crippen LogP contribution in [0, 0.1) is 3.57 Å². The molecule has 1 aromatic rings. The molecule has 0 bridgehead atoms. The van der Waals surface area contributed by atoms with Gasteiger partial charge in [-0.25, -0.2) is 4.79 Å². The fourth-order valence-corrected chi connectivity index (χ4v) is 1.75. The number of hydrogen-bond donors (Lipinski definition) is 0. The first kappa shape index (κ1) is 12.1. The Kier molecular flexibility index (Phi) is 4.19. The van der Waals surface area contributed by atoms with Crippen molar-refractivity contribution in [2.45, 2.75) is 0 Å². The first-order valence-electron chi connectivity index (χ1n) is 4.13. The van der Waals surface area contributed by atoms with Gasteiger partial charge in [0.25, 0.3) is 0 Å². The molecule has 0 spiro atoms. The third kappa shape index (κ3) is 2.53. The van der Waals surface area contributed by atoms with Crippen molar-refractivity contribution >= 4 is 28.6 Å². The predicted molar refractivity (Wildman–Crippen MR) is 63.6 cm³/mol. The van der Waals surface area contributed by atoms with Crippen molar-refractivity contribution in [3.63, 3.8) is 0 Å². The summed E-state index contributed by atoms with van der Waals surface area (Å²) < 4.78 is 15.8. The monoisotopic (exact) mass is 322 g/mol. The van der Waals surface area contributed by atoms with Gasteiger partial charge >= 0.3 is 5.97 Å². The zero-order valence-corrected chi connectivity index (χ0v) is 10.8. The van der Waals surface area contributed by atoms with Gasteiger partial charge in [0.05, 0.1) is 21.3 Å². The predicted octanol–water partition coefficient (Wildman–Crippen LogP) is 2.09. The molecule has 0 aliphatic rings. The zero-order valence-electron chi connectivity index (χ0n) is 8.67. The summed E-state index contributed by atoms with van der Waals surface area (Å²) in [5.74, 6) is 0.427. The van der Waals surface area contributed by atoms with Gasteiger partial charge in [-0.15, -0.1) is 0 Å². The fourth-order valence-electron chi connectivity index (χ4n) is 1.18. The average molecular weight is 322 g/mol. The van der Waals surface area contributed by atoms with Crippen molar-refractivity contribution in [1.29, 1.82) is 0 Å². The van der Waals surface area contributed by atoms with E-state index < -0.39 is 5.97 Å². The summed E-state index contributed by atoms with van der Waals surface area (Å²) >= 11 is 2.12. The minimum absolute atomic E-state index is 0.308. The molecule has 1 aromatic carbocycles. The Hall–Kier alpha value is -0.980. The van der Waals surface area contributed by atoms with E-state index in [1.54, 1.807) is 12.1 Å². The maximum Gasteiger partial charge on any atom is 0.345 e. The van der Waals surface area contributed by atoms with E-state index in [0.29, 0.717) is 17.1 Å². The molecule has 0 aliphatic carbocycles. The molecule has 0 N–H and O–H groups in total. The van der Waals surface area contributed by atoms with E-state index in [1.165, 1.54) is 21.3 Å². The van der Waals surface area contributed by atoms with Crippen LogP contribution in [0.4, 0.5) is 0 Å². The van der Waals surface area contributed by atoms with Gasteiger partial charge in [-0.3, -0.25) is 0 Å². The smallest absolute Gasteiger partial charge is 0.345 e. The topological polar surface area (TPSA) is 44.8 Å². The van der Waals surface area contributed by atoms with Gasteiger partial charge < -0.3 is 14.2 Å². The van der Waals surface area contributed by atoms with Gasteiger partial charge in [0.15, 0.2) is 0 Å². The molecular weight excluding hydrogens is 311 g/mol. The maximum atomic E-state index is 11.5. The van der Waals surface area contributed by atoms with Crippen LogP contribution in [-0.2, 0) is 4.74 Å². The quantitative estimate of drug-likeness (QED) is 0.631. The highest BCUT2D eigenvalue weighted by molar-refractivity contribution is 14.1. The third-order valence-electron chi connectivity index (χ3n) is 1.86. The summed E-state index contributed by atoms with van der Waals surface area (Å²) in [4.78, 5) is 11.5.